The van der Waals surface area contributed by atoms with Crippen LogP contribution in [0.15, 0.2) is 24.3 Å². The second-order valence-electron chi connectivity index (χ2n) is 2.44. The summed E-state index contributed by atoms with van der Waals surface area (Å²) in [6, 6.07) is 6.63. The predicted molar refractivity (Wildman–Crippen MR) is 46.4 cm³/mol. The van der Waals surface area contributed by atoms with Gasteiger partial charge in [0.2, 0.25) is 0 Å². The topological polar surface area (TPSA) is 66.4 Å². The first-order chi connectivity index (χ1) is 5.47. The highest BCUT2D eigenvalue weighted by atomic mass is 32.2. The molecule has 0 saturated carbocycles. The van der Waals surface area contributed by atoms with Crippen molar-refractivity contribution in [3.63, 3.8) is 0 Å². The Morgan fingerprint density at radius 1 is 1.25 bits per heavy atom. The van der Waals surface area contributed by atoms with E-state index in [0.29, 0.717) is 5.69 Å². The molecule has 0 atom stereocenters. The van der Waals surface area contributed by atoms with Crippen LogP contribution < -0.4 is 4.72 Å². The highest BCUT2D eigenvalue weighted by Crippen LogP contribution is 2.09. The average molecular weight is 187 g/mol. The number of hydrogen-bond acceptors (Lipinski definition) is 2. The first-order valence-electron chi connectivity index (χ1n) is 3.29. The van der Waals surface area contributed by atoms with Crippen molar-refractivity contribution in [2.75, 3.05) is 4.72 Å². The molecule has 4 nitrogen and oxygen atoms in total. The molecule has 0 fully saturated rings. The summed E-state index contributed by atoms with van der Waals surface area (Å²) in [4.78, 5) is 0. The summed E-state index contributed by atoms with van der Waals surface area (Å²) in [6.07, 6.45) is 0. The molecule has 1 rings (SSSR count). The van der Waals surface area contributed by atoms with E-state index in [2.05, 4.69) is 0 Å². The molecule has 0 radical (unpaired) electrons. The summed E-state index contributed by atoms with van der Waals surface area (Å²) in [5.41, 5.74) is 1.37. The molecule has 12 heavy (non-hydrogen) atoms. The fraction of sp³-hybridized carbons (Fsp3) is 0.143. The minimum absolute atomic E-state index is 0.350. The second-order valence-corrected chi connectivity index (χ2v) is 3.60. The zero-order valence-electron chi connectivity index (χ0n) is 6.48. The van der Waals surface area contributed by atoms with E-state index in [1.54, 1.807) is 24.3 Å². The number of anilines is 1. The van der Waals surface area contributed by atoms with Gasteiger partial charge in [0.05, 0.1) is 5.69 Å². The third-order valence-corrected chi connectivity index (χ3v) is 1.79. The van der Waals surface area contributed by atoms with Gasteiger partial charge in [0.25, 0.3) is 0 Å². The van der Waals surface area contributed by atoms with E-state index in [0.717, 1.165) is 5.56 Å². The van der Waals surface area contributed by atoms with E-state index >= 15 is 0 Å². The van der Waals surface area contributed by atoms with Crippen molar-refractivity contribution in [1.29, 1.82) is 0 Å². The highest BCUT2D eigenvalue weighted by molar-refractivity contribution is 7.87. The van der Waals surface area contributed by atoms with Crippen molar-refractivity contribution in [1.82, 2.24) is 0 Å². The smallest absolute Gasteiger partial charge is 0.269 e. The van der Waals surface area contributed by atoms with Crippen LogP contribution in [0.2, 0.25) is 0 Å². The molecule has 0 aliphatic rings. The summed E-state index contributed by atoms with van der Waals surface area (Å²) in [5.74, 6) is 0. The fourth-order valence-corrected chi connectivity index (χ4v) is 1.20. The summed E-state index contributed by atoms with van der Waals surface area (Å²) in [5, 5.41) is 0. The van der Waals surface area contributed by atoms with Gasteiger partial charge < -0.3 is 0 Å². The lowest BCUT2D eigenvalue weighted by Gasteiger charge is -2.01. The zero-order valence-corrected chi connectivity index (χ0v) is 7.30. The van der Waals surface area contributed by atoms with Crippen molar-refractivity contribution in [3.05, 3.63) is 29.8 Å². The van der Waals surface area contributed by atoms with Crippen LogP contribution in [0.4, 0.5) is 5.69 Å². The lowest BCUT2D eigenvalue weighted by molar-refractivity contribution is 0.489. The Balaban J connectivity index is 2.85. The molecule has 0 aliphatic heterocycles. The van der Waals surface area contributed by atoms with Gasteiger partial charge in [0, 0.05) is 0 Å². The van der Waals surface area contributed by atoms with Crippen LogP contribution >= 0.6 is 0 Å². The number of nitrogens with one attached hydrogen (secondary N) is 1. The molecule has 0 saturated heterocycles. The summed E-state index contributed by atoms with van der Waals surface area (Å²) >= 11 is 0. The normalized spacial score (nSPS) is 11.2. The Bertz CT molecular complexity index is 355. The molecule has 2 N–H and O–H groups in total. The lowest BCUT2D eigenvalue weighted by Crippen LogP contribution is -2.09. The molecule has 66 valence electrons. The average Bonchev–Trinajstić information content (AvgIpc) is 1.91. The standard InChI is InChI=1S/C7H9NO3S/c1-6-2-4-7(5-3-6)8-12(9,10)11/h2-5,8H,1H3,(H,9,10,11). The second kappa shape index (κ2) is 3.12. The van der Waals surface area contributed by atoms with Crippen LogP contribution in [0.5, 0.6) is 0 Å². The first kappa shape index (κ1) is 9.02. The van der Waals surface area contributed by atoms with Gasteiger partial charge in [-0.15, -0.1) is 0 Å². The Labute approximate surface area is 71.1 Å². The van der Waals surface area contributed by atoms with Gasteiger partial charge in [0.1, 0.15) is 0 Å². The van der Waals surface area contributed by atoms with E-state index in [9.17, 15) is 8.42 Å². The minimum atomic E-state index is -4.14. The lowest BCUT2D eigenvalue weighted by atomic mass is 10.2. The van der Waals surface area contributed by atoms with Crippen molar-refractivity contribution in [3.8, 4) is 0 Å². The monoisotopic (exact) mass is 187 g/mol. The van der Waals surface area contributed by atoms with Crippen LogP contribution in [-0.2, 0) is 10.3 Å². The Morgan fingerprint density at radius 2 is 1.75 bits per heavy atom. The number of aryl methyl sites for hydroxylation is 1. The summed E-state index contributed by atoms with van der Waals surface area (Å²) in [7, 11) is -4.14. The van der Waals surface area contributed by atoms with E-state index in [4.69, 9.17) is 4.55 Å². The summed E-state index contributed by atoms with van der Waals surface area (Å²) < 4.78 is 31.0. The Hall–Kier alpha value is -1.07. The van der Waals surface area contributed by atoms with E-state index in [1.807, 2.05) is 11.6 Å². The molecule has 0 bridgehead atoms. The van der Waals surface area contributed by atoms with Crippen molar-refractivity contribution in [2.45, 2.75) is 6.92 Å². The quantitative estimate of drug-likeness (QED) is 0.684. The zero-order chi connectivity index (χ0) is 9.19. The van der Waals surface area contributed by atoms with Gasteiger partial charge in [-0.1, -0.05) is 17.7 Å². The Morgan fingerprint density at radius 3 is 2.17 bits per heavy atom. The first-order valence-corrected chi connectivity index (χ1v) is 4.73. The summed E-state index contributed by atoms with van der Waals surface area (Å²) in [6.45, 7) is 1.89. The molecule has 0 amide bonds. The van der Waals surface area contributed by atoms with Gasteiger partial charge in [-0.25, -0.2) is 0 Å². The molecule has 0 spiro atoms. The predicted octanol–water partition coefficient (Wildman–Crippen LogP) is 1.21. The molecule has 0 unspecified atom stereocenters. The number of benzene rings is 1. The molecule has 0 aliphatic carbocycles. The number of rotatable bonds is 2. The van der Waals surface area contributed by atoms with Gasteiger partial charge in [-0.05, 0) is 19.1 Å². The fourth-order valence-electron chi connectivity index (χ4n) is 0.771. The van der Waals surface area contributed by atoms with E-state index in [-0.39, 0.29) is 0 Å². The van der Waals surface area contributed by atoms with Crippen LogP contribution in [0, 0.1) is 6.92 Å². The maximum atomic E-state index is 10.3. The van der Waals surface area contributed by atoms with Crippen LogP contribution in [0.3, 0.4) is 0 Å². The maximum Gasteiger partial charge on any atom is 0.357 e. The molecule has 5 heteroatoms. The van der Waals surface area contributed by atoms with Crippen LogP contribution in [0.1, 0.15) is 5.56 Å². The third kappa shape index (κ3) is 2.89. The van der Waals surface area contributed by atoms with Gasteiger partial charge >= 0.3 is 10.3 Å². The molecule has 0 heterocycles. The van der Waals surface area contributed by atoms with Gasteiger partial charge in [0.15, 0.2) is 0 Å². The van der Waals surface area contributed by atoms with Crippen molar-refractivity contribution in [2.24, 2.45) is 0 Å². The third-order valence-electron chi connectivity index (χ3n) is 1.30. The van der Waals surface area contributed by atoms with E-state index < -0.39 is 10.3 Å². The van der Waals surface area contributed by atoms with Crippen molar-refractivity contribution < 1.29 is 13.0 Å². The SMILES string of the molecule is Cc1ccc(NS(=O)(=O)O)cc1. The molecular weight excluding hydrogens is 178 g/mol. The van der Waals surface area contributed by atoms with Gasteiger partial charge in [-0.3, -0.25) is 9.27 Å². The molecule has 0 aromatic heterocycles. The van der Waals surface area contributed by atoms with Gasteiger partial charge in [-0.2, -0.15) is 8.42 Å². The largest absolute Gasteiger partial charge is 0.357 e. The highest BCUT2D eigenvalue weighted by Gasteiger charge is 2.01. The Kier molecular flexibility index (Phi) is 2.35. The molecule has 1 aromatic carbocycles. The van der Waals surface area contributed by atoms with Crippen LogP contribution in [-0.4, -0.2) is 13.0 Å². The van der Waals surface area contributed by atoms with E-state index in [1.165, 1.54) is 0 Å². The molecular formula is C7H9NO3S. The van der Waals surface area contributed by atoms with Crippen molar-refractivity contribution >= 4 is 16.0 Å². The minimum Gasteiger partial charge on any atom is -0.269 e. The maximum absolute atomic E-state index is 10.3. The number of hydrogen-bond donors (Lipinski definition) is 2. The van der Waals surface area contributed by atoms with Crippen LogP contribution in [0.25, 0.3) is 0 Å². The molecule has 1 aromatic rings.